The van der Waals surface area contributed by atoms with E-state index >= 15 is 0 Å². The molecule has 67 heavy (non-hydrogen) atoms. The number of carbonyl (C=O) groups is 4. The van der Waals surface area contributed by atoms with Gasteiger partial charge >= 0.3 is 0 Å². The lowest BCUT2D eigenvalue weighted by Crippen LogP contribution is -2.38. The summed E-state index contributed by atoms with van der Waals surface area (Å²) in [6, 6.07) is 28.8. The lowest BCUT2D eigenvalue weighted by atomic mass is 9.98. The number of nitrogens with zero attached hydrogens (tertiary/aromatic N) is 4. The second-order valence-electron chi connectivity index (χ2n) is 18.3. The number of benzene rings is 5. The van der Waals surface area contributed by atoms with Gasteiger partial charge in [0, 0.05) is 60.0 Å². The Morgan fingerprint density at radius 1 is 0.761 bits per heavy atom. The smallest absolute Gasteiger partial charge is 0.261 e. The van der Waals surface area contributed by atoms with E-state index in [-0.39, 0.29) is 73.1 Å². The quantitative estimate of drug-likeness (QED) is 0.101. The molecule has 0 fully saturated rings. The Bertz CT molecular complexity index is 2800. The van der Waals surface area contributed by atoms with E-state index in [9.17, 15) is 19.2 Å². The summed E-state index contributed by atoms with van der Waals surface area (Å²) in [4.78, 5) is 66.2. The fourth-order valence-electron chi connectivity index (χ4n) is 9.61. The Labute approximate surface area is 396 Å². The van der Waals surface area contributed by atoms with E-state index in [2.05, 4.69) is 19.9 Å². The minimum Gasteiger partial charge on any atom is -0.493 e. The molecule has 4 amide bonds. The first kappa shape index (κ1) is 45.7. The lowest BCUT2D eigenvalue weighted by molar-refractivity contribution is -0.127. The second kappa shape index (κ2) is 19.0. The van der Waals surface area contributed by atoms with E-state index in [1.54, 1.807) is 34.9 Å². The number of carbonyl (C=O) groups excluding carboxylic acids is 4. The molecule has 0 radical (unpaired) electrons. The Morgan fingerprint density at radius 2 is 1.42 bits per heavy atom. The molecular weight excluding hydrogens is 865 g/mol. The molecule has 0 saturated carbocycles. The van der Waals surface area contributed by atoms with Crippen molar-refractivity contribution < 1.29 is 38.1 Å². The fourth-order valence-corrected chi connectivity index (χ4v) is 9.92. The molecule has 4 heterocycles. The Hall–Kier alpha value is -6.44. The van der Waals surface area contributed by atoms with Gasteiger partial charge in [0.1, 0.15) is 19.0 Å². The Morgan fingerprint density at radius 3 is 2.12 bits per heavy atom. The predicted octanol–water partition coefficient (Wildman–Crippen LogP) is 9.78. The van der Waals surface area contributed by atoms with Crippen LogP contribution in [0.1, 0.15) is 93.6 Å². The molecule has 5 aromatic carbocycles. The van der Waals surface area contributed by atoms with Gasteiger partial charge in [-0.2, -0.15) is 11.8 Å². The summed E-state index contributed by atoms with van der Waals surface area (Å²) in [6.45, 7) is 6.38. The maximum absolute atomic E-state index is 14.2. The van der Waals surface area contributed by atoms with E-state index in [4.69, 9.17) is 23.9 Å². The van der Waals surface area contributed by atoms with Crippen LogP contribution in [-0.2, 0) is 46.8 Å². The molecule has 0 spiro atoms. The van der Waals surface area contributed by atoms with Crippen molar-refractivity contribution >= 4 is 64.4 Å². The van der Waals surface area contributed by atoms with Gasteiger partial charge in [-0.3, -0.25) is 34.0 Å². The predicted molar refractivity (Wildman–Crippen MR) is 263 cm³/mol. The van der Waals surface area contributed by atoms with Gasteiger partial charge in [-0.1, -0.05) is 50.2 Å². The van der Waals surface area contributed by atoms with Crippen molar-refractivity contribution in [3.63, 3.8) is 0 Å². The van der Waals surface area contributed by atoms with Crippen LogP contribution < -0.4 is 28.9 Å². The van der Waals surface area contributed by atoms with Crippen molar-refractivity contribution in [3.05, 3.63) is 136 Å². The minimum atomic E-state index is -0.383. The zero-order chi connectivity index (χ0) is 47.0. The topological polar surface area (TPSA) is 127 Å². The number of amides is 4. The van der Waals surface area contributed by atoms with Crippen molar-refractivity contribution in [1.29, 1.82) is 0 Å². The zero-order valence-corrected chi connectivity index (χ0v) is 39.7. The number of aryl methyl sites for hydroxylation is 2. The molecule has 0 aliphatic carbocycles. The van der Waals surface area contributed by atoms with Crippen LogP contribution in [0.4, 0.5) is 22.7 Å². The molecule has 346 valence electrons. The highest BCUT2D eigenvalue weighted by Crippen LogP contribution is 2.42. The number of para-hydroxylation sites is 2. The van der Waals surface area contributed by atoms with Crippen molar-refractivity contribution in [2.45, 2.75) is 95.8 Å². The molecule has 0 saturated heterocycles. The average Bonchev–Trinajstić information content (AvgIpc) is 3.82. The van der Waals surface area contributed by atoms with Crippen LogP contribution in [0.25, 0.3) is 0 Å². The van der Waals surface area contributed by atoms with Crippen LogP contribution in [0.5, 0.6) is 17.2 Å². The summed E-state index contributed by atoms with van der Waals surface area (Å²) < 4.78 is 24.0. The monoisotopic (exact) mass is 920 g/mol. The zero-order valence-electron chi connectivity index (χ0n) is 38.9. The van der Waals surface area contributed by atoms with E-state index in [1.165, 1.54) is 24.7 Å². The highest BCUT2D eigenvalue weighted by atomic mass is 32.2. The number of hydrogen-bond donors (Lipinski definition) is 0. The number of thioether (sulfide) groups is 1. The van der Waals surface area contributed by atoms with E-state index in [0.717, 1.165) is 47.3 Å². The van der Waals surface area contributed by atoms with E-state index < -0.39 is 0 Å². The van der Waals surface area contributed by atoms with E-state index in [1.807, 2.05) is 91.0 Å². The molecule has 4 aliphatic rings. The van der Waals surface area contributed by atoms with Gasteiger partial charge in [0.25, 0.3) is 11.8 Å². The number of rotatable bonds is 15. The number of aliphatic imine (C=N–C) groups is 1. The van der Waals surface area contributed by atoms with Crippen molar-refractivity contribution in [2.24, 2.45) is 4.99 Å². The van der Waals surface area contributed by atoms with E-state index in [0.29, 0.717) is 63.7 Å². The van der Waals surface area contributed by atoms with Gasteiger partial charge in [0.15, 0.2) is 11.5 Å². The van der Waals surface area contributed by atoms with Gasteiger partial charge in [0.2, 0.25) is 11.8 Å². The summed E-state index contributed by atoms with van der Waals surface area (Å²) >= 11 is 1.67. The number of methoxy groups -OCH3 is 2. The molecule has 0 aromatic heterocycles. The third kappa shape index (κ3) is 9.19. The van der Waals surface area contributed by atoms with Gasteiger partial charge in [-0.25, -0.2) is 0 Å². The molecule has 12 nitrogen and oxygen atoms in total. The summed E-state index contributed by atoms with van der Waals surface area (Å²) in [5.74, 6) is 0.517. The highest BCUT2D eigenvalue weighted by molar-refractivity contribution is 7.99. The van der Waals surface area contributed by atoms with Crippen LogP contribution in [-0.4, -0.2) is 73.8 Å². The largest absolute Gasteiger partial charge is 0.493 e. The number of imide groups is 1. The summed E-state index contributed by atoms with van der Waals surface area (Å²) in [6.07, 6.45) is 7.64. The minimum absolute atomic E-state index is 0.00701. The molecule has 0 unspecified atom stereocenters. The molecule has 0 N–H and O–H groups in total. The van der Waals surface area contributed by atoms with Gasteiger partial charge in [0.05, 0.1) is 43.1 Å². The fraction of sp³-hybridized carbons (Fsp3) is 0.352. The summed E-state index contributed by atoms with van der Waals surface area (Å²) in [5.41, 5.74) is 9.23. The van der Waals surface area contributed by atoms with Crippen molar-refractivity contribution in [1.82, 2.24) is 0 Å². The molecular formula is C54H56N4O8S. The molecule has 2 atom stereocenters. The molecule has 13 heteroatoms. The van der Waals surface area contributed by atoms with Crippen molar-refractivity contribution in [3.8, 4) is 17.2 Å². The molecule has 5 aromatic rings. The lowest BCUT2D eigenvalue weighted by Gasteiger charge is -2.26. The average molecular weight is 921 g/mol. The maximum Gasteiger partial charge on any atom is 0.261 e. The first-order valence-electron chi connectivity index (χ1n) is 22.9. The number of ether oxygens (including phenoxy) is 4. The molecule has 9 rings (SSSR count). The molecule has 0 bridgehead atoms. The SMILES string of the molecule is COCCC(=O)N(C(=O)CCC(C)(C)SC)c1cc(COc2cc3c(cc2C)C(=O)N2c4ccccc4C[C@H]2CC3)cc(COc2cc3c(cc2OC)C(=O)N2c4ccccc4C[C@H]2C=N3)c1. The first-order valence-corrected chi connectivity index (χ1v) is 24.1. The first-order chi connectivity index (χ1) is 32.4. The highest BCUT2D eigenvalue weighted by Gasteiger charge is 2.39. The van der Waals surface area contributed by atoms with Crippen LogP contribution in [0.15, 0.2) is 96.0 Å². The van der Waals surface area contributed by atoms with Gasteiger partial charge in [-0.15, -0.1) is 0 Å². The van der Waals surface area contributed by atoms with Crippen molar-refractivity contribution in [2.75, 3.05) is 41.8 Å². The second-order valence-corrected chi connectivity index (χ2v) is 19.8. The van der Waals surface area contributed by atoms with Crippen LogP contribution in [0.2, 0.25) is 0 Å². The number of fused-ring (bicyclic) bond motifs is 8. The van der Waals surface area contributed by atoms with Crippen LogP contribution in [0.3, 0.4) is 0 Å². The van der Waals surface area contributed by atoms with Crippen LogP contribution in [0, 0.1) is 6.92 Å². The number of hydrogen-bond acceptors (Lipinski definition) is 10. The Kier molecular flexibility index (Phi) is 13.0. The van der Waals surface area contributed by atoms with Gasteiger partial charge in [-0.05, 0) is 121 Å². The normalized spacial score (nSPS) is 16.8. The molecule has 4 aliphatic heterocycles. The summed E-state index contributed by atoms with van der Waals surface area (Å²) in [5, 5.41) is 0. The number of anilines is 3. The Balaban J connectivity index is 1.02. The third-order valence-corrected chi connectivity index (χ3v) is 14.7. The maximum atomic E-state index is 14.2. The van der Waals surface area contributed by atoms with Gasteiger partial charge < -0.3 is 23.8 Å². The standard InChI is InChI=1S/C54H56N4O8S/c1-33-21-42-36(15-16-39-25-37-11-7-9-13-45(37)56(39)52(42)61)27-47(33)65-31-34-22-35(24-40(23-34)58(51(60)18-20-63-4)50(59)17-19-54(2,3)67-6)32-66-49-29-44-43(28-48(49)64-5)53(62)57-41(30-55-44)26-38-12-8-10-14-46(38)57/h7-14,21-24,27-30,39,41H,15-20,25-26,31-32H2,1-6H3/t39-,41+/m1/s1. The third-order valence-electron chi connectivity index (χ3n) is 13.4. The van der Waals surface area contributed by atoms with Crippen LogP contribution >= 0.6 is 11.8 Å². The summed E-state index contributed by atoms with van der Waals surface area (Å²) in [7, 11) is 3.05.